The Kier molecular flexibility index (Phi) is 10.4. The van der Waals surface area contributed by atoms with Crippen molar-refractivity contribution in [1.82, 2.24) is 4.90 Å². The summed E-state index contributed by atoms with van der Waals surface area (Å²) in [4.78, 5) is 12.9. The first-order valence-corrected chi connectivity index (χ1v) is 5.52. The first kappa shape index (κ1) is 15.3. The minimum atomic E-state index is -0.173. The standard InChI is InChI=1S/C11H23NO4/c1-12(6-5-11(13)15-3)7-10-16-9-4-8-14-2/h4-10H2,1-3H3. The Labute approximate surface area is 97.7 Å². The molecular formula is C11H23NO4. The number of likely N-dealkylation sites (N-methyl/N-ethyl adjacent to an activating group) is 1. The SMILES string of the molecule is COCCCOCCN(C)CCC(=O)OC. The van der Waals surface area contributed by atoms with Gasteiger partial charge in [-0.25, -0.2) is 0 Å². The molecule has 16 heavy (non-hydrogen) atoms. The maximum absolute atomic E-state index is 10.9. The molecule has 5 heteroatoms. The van der Waals surface area contributed by atoms with Crippen molar-refractivity contribution < 1.29 is 19.0 Å². The third-order valence-electron chi connectivity index (χ3n) is 2.18. The molecule has 0 unspecified atom stereocenters. The fraction of sp³-hybridized carbons (Fsp3) is 0.909. The summed E-state index contributed by atoms with van der Waals surface area (Å²) in [7, 11) is 5.04. The minimum absolute atomic E-state index is 0.173. The van der Waals surface area contributed by atoms with Crippen LogP contribution in [-0.4, -0.2) is 65.0 Å². The van der Waals surface area contributed by atoms with Gasteiger partial charge in [-0.15, -0.1) is 0 Å². The van der Waals surface area contributed by atoms with Crippen molar-refractivity contribution in [1.29, 1.82) is 0 Å². The summed E-state index contributed by atoms with van der Waals surface area (Å²) in [5.74, 6) is -0.173. The highest BCUT2D eigenvalue weighted by molar-refractivity contribution is 5.69. The second-order valence-electron chi connectivity index (χ2n) is 3.59. The zero-order chi connectivity index (χ0) is 12.2. The summed E-state index contributed by atoms with van der Waals surface area (Å²) in [6.07, 6.45) is 1.35. The van der Waals surface area contributed by atoms with Gasteiger partial charge in [0.05, 0.1) is 20.1 Å². The molecule has 0 spiro atoms. The molecule has 0 aromatic rings. The fourth-order valence-electron chi connectivity index (χ4n) is 1.12. The van der Waals surface area contributed by atoms with Gasteiger partial charge in [0, 0.05) is 33.4 Å². The zero-order valence-electron chi connectivity index (χ0n) is 10.5. The maximum Gasteiger partial charge on any atom is 0.306 e. The molecule has 0 rings (SSSR count). The molecule has 0 aromatic carbocycles. The van der Waals surface area contributed by atoms with Crippen LogP contribution in [0.2, 0.25) is 0 Å². The van der Waals surface area contributed by atoms with Crippen LogP contribution in [0.4, 0.5) is 0 Å². The Balaban J connectivity index is 3.23. The van der Waals surface area contributed by atoms with E-state index in [2.05, 4.69) is 4.74 Å². The number of ether oxygens (including phenoxy) is 3. The molecule has 96 valence electrons. The van der Waals surface area contributed by atoms with Crippen LogP contribution < -0.4 is 0 Å². The molecule has 0 heterocycles. The number of hydrogen-bond donors (Lipinski definition) is 0. The number of rotatable bonds is 10. The van der Waals surface area contributed by atoms with Crippen molar-refractivity contribution in [3.63, 3.8) is 0 Å². The van der Waals surface area contributed by atoms with Crippen molar-refractivity contribution >= 4 is 5.97 Å². The molecule has 0 saturated heterocycles. The van der Waals surface area contributed by atoms with Crippen molar-refractivity contribution in [2.45, 2.75) is 12.8 Å². The molecule has 0 bridgehead atoms. The molecule has 0 amide bonds. The first-order chi connectivity index (χ1) is 7.70. The van der Waals surface area contributed by atoms with E-state index in [9.17, 15) is 4.79 Å². The maximum atomic E-state index is 10.9. The van der Waals surface area contributed by atoms with E-state index in [1.807, 2.05) is 11.9 Å². The van der Waals surface area contributed by atoms with Gasteiger partial charge in [-0.2, -0.15) is 0 Å². The molecule has 0 aliphatic heterocycles. The van der Waals surface area contributed by atoms with Crippen LogP contribution in [0.3, 0.4) is 0 Å². The van der Waals surface area contributed by atoms with E-state index in [1.165, 1.54) is 7.11 Å². The Bertz CT molecular complexity index is 175. The van der Waals surface area contributed by atoms with Crippen LogP contribution in [-0.2, 0) is 19.0 Å². The van der Waals surface area contributed by atoms with E-state index in [4.69, 9.17) is 9.47 Å². The highest BCUT2D eigenvalue weighted by atomic mass is 16.5. The van der Waals surface area contributed by atoms with Gasteiger partial charge < -0.3 is 19.1 Å². The lowest BCUT2D eigenvalue weighted by molar-refractivity contribution is -0.140. The van der Waals surface area contributed by atoms with Crippen LogP contribution in [0.25, 0.3) is 0 Å². The number of carbonyl (C=O) groups is 1. The fourth-order valence-corrected chi connectivity index (χ4v) is 1.12. The highest BCUT2D eigenvalue weighted by Crippen LogP contribution is 1.91. The Morgan fingerprint density at radius 2 is 1.88 bits per heavy atom. The van der Waals surface area contributed by atoms with Crippen LogP contribution >= 0.6 is 0 Å². The smallest absolute Gasteiger partial charge is 0.306 e. The number of carbonyl (C=O) groups excluding carboxylic acids is 1. The lowest BCUT2D eigenvalue weighted by Crippen LogP contribution is -2.26. The number of nitrogens with zero attached hydrogens (tertiary/aromatic N) is 1. The minimum Gasteiger partial charge on any atom is -0.469 e. The molecule has 0 aliphatic rings. The summed E-state index contributed by atoms with van der Waals surface area (Å²) >= 11 is 0. The second kappa shape index (κ2) is 10.9. The zero-order valence-corrected chi connectivity index (χ0v) is 10.5. The average Bonchev–Trinajstić information content (AvgIpc) is 2.30. The molecule has 0 atom stereocenters. The largest absolute Gasteiger partial charge is 0.469 e. The van der Waals surface area contributed by atoms with Crippen LogP contribution in [0.15, 0.2) is 0 Å². The molecule has 0 aromatic heterocycles. The summed E-state index contributed by atoms with van der Waals surface area (Å²) in [5, 5.41) is 0. The molecule has 0 radical (unpaired) electrons. The normalized spacial score (nSPS) is 10.8. The van der Waals surface area contributed by atoms with E-state index in [1.54, 1.807) is 7.11 Å². The van der Waals surface area contributed by atoms with Crippen LogP contribution in [0.5, 0.6) is 0 Å². The quantitative estimate of drug-likeness (QED) is 0.407. The van der Waals surface area contributed by atoms with E-state index in [0.717, 1.165) is 26.2 Å². The van der Waals surface area contributed by atoms with Gasteiger partial charge >= 0.3 is 5.97 Å². The van der Waals surface area contributed by atoms with Crippen molar-refractivity contribution in [3.05, 3.63) is 0 Å². The van der Waals surface area contributed by atoms with Gasteiger partial charge in [-0.3, -0.25) is 4.79 Å². The van der Waals surface area contributed by atoms with Gasteiger partial charge in [0.25, 0.3) is 0 Å². The molecule has 0 fully saturated rings. The summed E-state index contributed by atoms with van der Waals surface area (Å²) < 4.78 is 14.9. The van der Waals surface area contributed by atoms with Gasteiger partial charge in [-0.1, -0.05) is 0 Å². The topological polar surface area (TPSA) is 48.0 Å². The predicted octanol–water partition coefficient (Wildman–Crippen LogP) is 0.534. The number of esters is 1. The Hall–Kier alpha value is -0.650. The number of methoxy groups -OCH3 is 2. The second-order valence-corrected chi connectivity index (χ2v) is 3.59. The van der Waals surface area contributed by atoms with E-state index >= 15 is 0 Å². The Morgan fingerprint density at radius 1 is 1.12 bits per heavy atom. The van der Waals surface area contributed by atoms with Crippen LogP contribution in [0.1, 0.15) is 12.8 Å². The van der Waals surface area contributed by atoms with Crippen molar-refractivity contribution in [3.8, 4) is 0 Å². The van der Waals surface area contributed by atoms with Gasteiger partial charge in [0.1, 0.15) is 0 Å². The molecular weight excluding hydrogens is 210 g/mol. The molecule has 0 aliphatic carbocycles. The molecule has 0 N–H and O–H groups in total. The monoisotopic (exact) mass is 233 g/mol. The van der Waals surface area contributed by atoms with E-state index in [-0.39, 0.29) is 5.97 Å². The van der Waals surface area contributed by atoms with Gasteiger partial charge in [-0.05, 0) is 13.5 Å². The summed E-state index contributed by atoms with van der Waals surface area (Å²) in [5.41, 5.74) is 0. The van der Waals surface area contributed by atoms with Crippen molar-refractivity contribution in [2.75, 3.05) is 54.2 Å². The lowest BCUT2D eigenvalue weighted by Gasteiger charge is -2.15. The molecule has 5 nitrogen and oxygen atoms in total. The predicted molar refractivity (Wildman–Crippen MR) is 61.4 cm³/mol. The summed E-state index contributed by atoms with van der Waals surface area (Å²) in [6.45, 7) is 3.66. The van der Waals surface area contributed by atoms with Gasteiger partial charge in [0.15, 0.2) is 0 Å². The Morgan fingerprint density at radius 3 is 2.50 bits per heavy atom. The average molecular weight is 233 g/mol. The third kappa shape index (κ3) is 9.89. The highest BCUT2D eigenvalue weighted by Gasteiger charge is 2.03. The third-order valence-corrected chi connectivity index (χ3v) is 2.18. The van der Waals surface area contributed by atoms with Crippen LogP contribution in [0, 0.1) is 0 Å². The summed E-state index contributed by atoms with van der Waals surface area (Å²) in [6, 6.07) is 0. The van der Waals surface area contributed by atoms with Gasteiger partial charge in [0.2, 0.25) is 0 Å². The lowest BCUT2D eigenvalue weighted by atomic mass is 10.4. The first-order valence-electron chi connectivity index (χ1n) is 5.52. The van der Waals surface area contributed by atoms with Crippen molar-refractivity contribution in [2.24, 2.45) is 0 Å². The molecule has 0 saturated carbocycles. The van der Waals surface area contributed by atoms with E-state index in [0.29, 0.717) is 19.6 Å². The number of hydrogen-bond acceptors (Lipinski definition) is 5. The van der Waals surface area contributed by atoms with E-state index < -0.39 is 0 Å².